The number of aliphatic hydroxyl groups is 1. The summed E-state index contributed by atoms with van der Waals surface area (Å²) in [6, 6.07) is 3.37. The van der Waals surface area contributed by atoms with Gasteiger partial charge in [-0.25, -0.2) is 8.42 Å². The van der Waals surface area contributed by atoms with Crippen molar-refractivity contribution in [1.82, 2.24) is 4.31 Å². The first-order chi connectivity index (χ1) is 9.38. The smallest absolute Gasteiger partial charge is 0.243 e. The molecule has 0 saturated heterocycles. The molecule has 5 heteroatoms. The Morgan fingerprint density at radius 1 is 1.35 bits per heavy atom. The minimum absolute atomic E-state index is 0.168. The van der Waals surface area contributed by atoms with Gasteiger partial charge in [-0.15, -0.1) is 6.58 Å². The molecule has 0 amide bonds. The Hall–Kier alpha value is -1.17. The SMILES string of the molecule is C=CCN(CCC)S(=O)(=O)c1cc(CO)cc(C)c1C. The predicted molar refractivity (Wildman–Crippen MR) is 81.1 cm³/mol. The monoisotopic (exact) mass is 297 g/mol. The highest BCUT2D eigenvalue weighted by atomic mass is 32.2. The van der Waals surface area contributed by atoms with Crippen molar-refractivity contribution < 1.29 is 13.5 Å². The number of rotatable bonds is 7. The fourth-order valence-electron chi connectivity index (χ4n) is 2.10. The zero-order valence-electron chi connectivity index (χ0n) is 12.4. The molecule has 0 radical (unpaired) electrons. The van der Waals surface area contributed by atoms with E-state index >= 15 is 0 Å². The van der Waals surface area contributed by atoms with Crippen LogP contribution in [0.3, 0.4) is 0 Å². The maximum Gasteiger partial charge on any atom is 0.243 e. The molecule has 112 valence electrons. The molecular weight excluding hydrogens is 274 g/mol. The first kappa shape index (κ1) is 16.9. The van der Waals surface area contributed by atoms with Gasteiger partial charge in [-0.1, -0.05) is 19.1 Å². The molecule has 1 aromatic carbocycles. The quantitative estimate of drug-likeness (QED) is 0.786. The van der Waals surface area contributed by atoms with Crippen molar-refractivity contribution in [2.45, 2.75) is 38.7 Å². The summed E-state index contributed by atoms with van der Waals surface area (Å²) in [5.41, 5.74) is 2.21. The highest BCUT2D eigenvalue weighted by Crippen LogP contribution is 2.24. The first-order valence-corrected chi connectivity index (χ1v) is 8.14. The van der Waals surface area contributed by atoms with E-state index in [-0.39, 0.29) is 18.0 Å². The molecule has 1 aromatic rings. The highest BCUT2D eigenvalue weighted by Gasteiger charge is 2.25. The van der Waals surface area contributed by atoms with Crippen LogP contribution < -0.4 is 0 Å². The summed E-state index contributed by atoms with van der Waals surface area (Å²) in [7, 11) is -3.56. The third kappa shape index (κ3) is 3.48. The largest absolute Gasteiger partial charge is 0.392 e. The minimum atomic E-state index is -3.56. The normalized spacial score (nSPS) is 11.8. The molecule has 0 heterocycles. The Kier molecular flexibility index (Phi) is 5.92. The van der Waals surface area contributed by atoms with Crippen LogP contribution in [0.25, 0.3) is 0 Å². The van der Waals surface area contributed by atoms with Crippen molar-refractivity contribution >= 4 is 10.0 Å². The Bertz CT molecular complexity index is 579. The van der Waals surface area contributed by atoms with Crippen LogP contribution in [-0.4, -0.2) is 30.9 Å². The van der Waals surface area contributed by atoms with Crippen LogP contribution >= 0.6 is 0 Å². The van der Waals surface area contributed by atoms with Crippen molar-refractivity contribution in [3.05, 3.63) is 41.5 Å². The molecule has 20 heavy (non-hydrogen) atoms. The van der Waals surface area contributed by atoms with Crippen LogP contribution in [0.4, 0.5) is 0 Å². The average Bonchev–Trinajstić information content (AvgIpc) is 2.41. The number of hydrogen-bond acceptors (Lipinski definition) is 3. The van der Waals surface area contributed by atoms with E-state index in [9.17, 15) is 13.5 Å². The number of aliphatic hydroxyl groups excluding tert-OH is 1. The Balaban J connectivity index is 3.39. The van der Waals surface area contributed by atoms with E-state index in [4.69, 9.17) is 0 Å². The third-order valence-corrected chi connectivity index (χ3v) is 5.28. The van der Waals surface area contributed by atoms with Crippen molar-refractivity contribution in [2.75, 3.05) is 13.1 Å². The molecule has 0 atom stereocenters. The van der Waals surface area contributed by atoms with Gasteiger partial charge in [0.15, 0.2) is 0 Å². The topological polar surface area (TPSA) is 57.6 Å². The summed E-state index contributed by atoms with van der Waals surface area (Å²) in [5, 5.41) is 9.26. The number of benzene rings is 1. The second-order valence-corrected chi connectivity index (χ2v) is 6.75. The maximum absolute atomic E-state index is 12.7. The van der Waals surface area contributed by atoms with E-state index in [1.165, 1.54) is 4.31 Å². The second-order valence-electron chi connectivity index (χ2n) is 4.85. The summed E-state index contributed by atoms with van der Waals surface area (Å²) in [6.07, 6.45) is 2.33. The zero-order chi connectivity index (χ0) is 15.3. The van der Waals surface area contributed by atoms with Gasteiger partial charge in [0.2, 0.25) is 10.0 Å². The zero-order valence-corrected chi connectivity index (χ0v) is 13.2. The molecular formula is C15H23NO3S. The Labute approximate surface area is 121 Å². The molecule has 1 rings (SSSR count). The fourth-order valence-corrected chi connectivity index (χ4v) is 3.95. The first-order valence-electron chi connectivity index (χ1n) is 6.70. The number of nitrogens with zero attached hydrogens (tertiary/aromatic N) is 1. The molecule has 0 spiro atoms. The molecule has 0 aliphatic rings. The molecule has 0 aromatic heterocycles. The molecule has 0 unspecified atom stereocenters. The maximum atomic E-state index is 12.7. The average molecular weight is 297 g/mol. The van der Waals surface area contributed by atoms with Crippen molar-refractivity contribution in [3.8, 4) is 0 Å². The van der Waals surface area contributed by atoms with Crippen molar-refractivity contribution in [1.29, 1.82) is 0 Å². The van der Waals surface area contributed by atoms with E-state index in [2.05, 4.69) is 6.58 Å². The van der Waals surface area contributed by atoms with Crippen LogP contribution in [0.1, 0.15) is 30.0 Å². The predicted octanol–water partition coefficient (Wildman–Crippen LogP) is 2.38. The van der Waals surface area contributed by atoms with Crippen LogP contribution in [0.2, 0.25) is 0 Å². The van der Waals surface area contributed by atoms with Gasteiger partial charge in [0.1, 0.15) is 0 Å². The van der Waals surface area contributed by atoms with Gasteiger partial charge in [0.05, 0.1) is 11.5 Å². The Morgan fingerprint density at radius 3 is 2.50 bits per heavy atom. The van der Waals surface area contributed by atoms with Crippen molar-refractivity contribution in [2.24, 2.45) is 0 Å². The van der Waals surface area contributed by atoms with Gasteiger partial charge < -0.3 is 5.11 Å². The van der Waals surface area contributed by atoms with Gasteiger partial charge in [0, 0.05) is 13.1 Å². The van der Waals surface area contributed by atoms with E-state index < -0.39 is 10.0 Å². The van der Waals surface area contributed by atoms with Crippen LogP contribution in [-0.2, 0) is 16.6 Å². The van der Waals surface area contributed by atoms with Crippen LogP contribution in [0.5, 0.6) is 0 Å². The van der Waals surface area contributed by atoms with E-state index in [0.29, 0.717) is 12.1 Å². The molecule has 4 nitrogen and oxygen atoms in total. The summed E-state index contributed by atoms with van der Waals surface area (Å²) in [4.78, 5) is 0.275. The van der Waals surface area contributed by atoms with Gasteiger partial charge in [-0.3, -0.25) is 0 Å². The number of sulfonamides is 1. The summed E-state index contributed by atoms with van der Waals surface area (Å²) in [6.45, 7) is 9.78. The summed E-state index contributed by atoms with van der Waals surface area (Å²) < 4.78 is 26.9. The van der Waals surface area contributed by atoms with Gasteiger partial charge in [-0.05, 0) is 43.0 Å². The fraction of sp³-hybridized carbons (Fsp3) is 0.467. The molecule has 0 fully saturated rings. The lowest BCUT2D eigenvalue weighted by Gasteiger charge is -2.22. The van der Waals surface area contributed by atoms with Crippen LogP contribution in [0, 0.1) is 13.8 Å². The summed E-state index contributed by atoms with van der Waals surface area (Å²) >= 11 is 0. The minimum Gasteiger partial charge on any atom is -0.392 e. The lowest BCUT2D eigenvalue weighted by molar-refractivity contribution is 0.281. The lowest BCUT2D eigenvalue weighted by Crippen LogP contribution is -2.32. The second kappa shape index (κ2) is 7.02. The molecule has 1 N–H and O–H groups in total. The standard InChI is InChI=1S/C15H23NO3S/c1-5-7-16(8-6-2)20(18,19)15-10-14(11-17)9-12(3)13(15)4/h5,9-10,17H,1,6-8,11H2,2-4H3. The summed E-state index contributed by atoms with van der Waals surface area (Å²) in [5.74, 6) is 0. The molecule has 0 bridgehead atoms. The lowest BCUT2D eigenvalue weighted by atomic mass is 10.1. The number of aryl methyl sites for hydroxylation is 1. The third-order valence-electron chi connectivity index (χ3n) is 3.29. The molecule has 0 aliphatic carbocycles. The van der Waals surface area contributed by atoms with E-state index in [0.717, 1.165) is 17.5 Å². The van der Waals surface area contributed by atoms with Gasteiger partial charge in [0.25, 0.3) is 0 Å². The molecule has 0 saturated carbocycles. The van der Waals surface area contributed by atoms with Crippen molar-refractivity contribution in [3.63, 3.8) is 0 Å². The molecule has 0 aliphatic heterocycles. The van der Waals surface area contributed by atoms with Gasteiger partial charge in [-0.2, -0.15) is 4.31 Å². The van der Waals surface area contributed by atoms with Gasteiger partial charge >= 0.3 is 0 Å². The van der Waals surface area contributed by atoms with E-state index in [1.807, 2.05) is 19.9 Å². The highest BCUT2D eigenvalue weighted by molar-refractivity contribution is 7.89. The van der Waals surface area contributed by atoms with E-state index in [1.54, 1.807) is 19.1 Å². The Morgan fingerprint density at radius 2 is 2.00 bits per heavy atom. The number of hydrogen-bond donors (Lipinski definition) is 1. The van der Waals surface area contributed by atoms with Crippen LogP contribution in [0.15, 0.2) is 29.7 Å².